The molecule has 0 heterocycles. The van der Waals surface area contributed by atoms with Gasteiger partial charge in [-0.15, -0.1) is 0 Å². The number of ketones is 1. The van der Waals surface area contributed by atoms with Gasteiger partial charge in [-0.1, -0.05) is 18.2 Å². The third kappa shape index (κ3) is 2.34. The van der Waals surface area contributed by atoms with Crippen LogP contribution in [0.2, 0.25) is 0 Å². The molecule has 0 amide bonds. The third-order valence-electron chi connectivity index (χ3n) is 3.27. The van der Waals surface area contributed by atoms with Crippen molar-refractivity contribution in [2.45, 2.75) is 44.9 Å². The Morgan fingerprint density at radius 3 is 2.86 bits per heavy atom. The first-order valence-electron chi connectivity index (χ1n) is 5.74. The minimum atomic E-state index is 0.466. The van der Waals surface area contributed by atoms with Gasteiger partial charge >= 0.3 is 0 Å². The van der Waals surface area contributed by atoms with Gasteiger partial charge in [0.15, 0.2) is 0 Å². The van der Waals surface area contributed by atoms with Crippen molar-refractivity contribution in [3.05, 3.63) is 23.8 Å². The molecule has 1 unspecified atom stereocenters. The molecule has 0 radical (unpaired) electrons. The average molecular weight is 190 g/mol. The van der Waals surface area contributed by atoms with Crippen molar-refractivity contribution in [3.63, 3.8) is 0 Å². The summed E-state index contributed by atoms with van der Waals surface area (Å²) in [7, 11) is 0. The number of carbonyl (C=O) groups excluding carboxylic acids is 1. The lowest BCUT2D eigenvalue weighted by Gasteiger charge is -2.17. The predicted octanol–water partition coefficient (Wildman–Crippen LogP) is 3.41. The Bertz CT molecular complexity index is 273. The molecule has 0 spiro atoms. The lowest BCUT2D eigenvalue weighted by atomic mass is 9.88. The maximum absolute atomic E-state index is 11.3. The molecular weight excluding hydrogens is 172 g/mol. The molecule has 76 valence electrons. The minimum absolute atomic E-state index is 0.466. The lowest BCUT2D eigenvalue weighted by molar-refractivity contribution is -0.118. The Labute approximate surface area is 85.9 Å². The van der Waals surface area contributed by atoms with E-state index in [2.05, 4.69) is 18.2 Å². The monoisotopic (exact) mass is 190 g/mol. The van der Waals surface area contributed by atoms with Crippen molar-refractivity contribution < 1.29 is 4.79 Å². The summed E-state index contributed by atoms with van der Waals surface area (Å²) in [5, 5.41) is 0. The van der Waals surface area contributed by atoms with Gasteiger partial charge in [-0.05, 0) is 43.6 Å². The molecule has 2 aliphatic carbocycles. The van der Waals surface area contributed by atoms with Crippen LogP contribution in [0.4, 0.5) is 0 Å². The summed E-state index contributed by atoms with van der Waals surface area (Å²) in [5.41, 5.74) is 1.49. The van der Waals surface area contributed by atoms with Crippen molar-refractivity contribution in [3.8, 4) is 0 Å². The van der Waals surface area contributed by atoms with E-state index in [1.54, 1.807) is 0 Å². The molecule has 1 heteroatoms. The first-order chi connectivity index (χ1) is 6.86. The number of hydrogen-bond donors (Lipinski definition) is 0. The third-order valence-corrected chi connectivity index (χ3v) is 3.27. The second-order valence-electron chi connectivity index (χ2n) is 4.35. The van der Waals surface area contributed by atoms with E-state index in [9.17, 15) is 4.79 Å². The molecule has 0 N–H and O–H groups in total. The zero-order valence-corrected chi connectivity index (χ0v) is 8.67. The molecule has 1 nitrogen and oxygen atoms in total. The molecule has 2 rings (SSSR count). The predicted molar refractivity (Wildman–Crippen MR) is 58.0 cm³/mol. The number of Topliss-reactive ketones (excluding diaryl/α,β-unsaturated/α-hetero) is 1. The number of hydrogen-bond acceptors (Lipinski definition) is 1. The molecule has 0 aromatic carbocycles. The summed E-state index contributed by atoms with van der Waals surface area (Å²) < 4.78 is 0. The molecule has 0 saturated heterocycles. The number of allylic oxidation sites excluding steroid dienone is 4. The molecule has 14 heavy (non-hydrogen) atoms. The summed E-state index contributed by atoms with van der Waals surface area (Å²) in [4.78, 5) is 11.3. The zero-order valence-electron chi connectivity index (χ0n) is 8.67. The number of carbonyl (C=O) groups is 1. The second-order valence-corrected chi connectivity index (χ2v) is 4.35. The summed E-state index contributed by atoms with van der Waals surface area (Å²) in [5.74, 6) is 1.13. The van der Waals surface area contributed by atoms with Gasteiger partial charge in [0.1, 0.15) is 5.78 Å². The van der Waals surface area contributed by atoms with E-state index in [0.717, 1.165) is 25.7 Å². The summed E-state index contributed by atoms with van der Waals surface area (Å²) in [6, 6.07) is 0. The zero-order chi connectivity index (χ0) is 9.80. The molecule has 0 aliphatic heterocycles. The molecular formula is C13H18O. The summed E-state index contributed by atoms with van der Waals surface area (Å²) >= 11 is 0. The van der Waals surface area contributed by atoms with Crippen molar-refractivity contribution in [1.82, 2.24) is 0 Å². The molecule has 2 aliphatic rings. The van der Waals surface area contributed by atoms with Crippen LogP contribution >= 0.6 is 0 Å². The largest absolute Gasteiger partial charge is 0.300 e. The smallest absolute Gasteiger partial charge is 0.132 e. The molecule has 0 bridgehead atoms. The van der Waals surface area contributed by atoms with Gasteiger partial charge in [0.05, 0.1) is 0 Å². The molecule has 1 atom stereocenters. The summed E-state index contributed by atoms with van der Waals surface area (Å²) in [6.45, 7) is 0. The normalized spacial score (nSPS) is 28.4. The Hall–Kier alpha value is -0.850. The fraction of sp³-hybridized carbons (Fsp3) is 0.615. The maximum atomic E-state index is 11.3. The first kappa shape index (κ1) is 9.70. The minimum Gasteiger partial charge on any atom is -0.300 e. The van der Waals surface area contributed by atoms with Crippen LogP contribution in [0.5, 0.6) is 0 Å². The Morgan fingerprint density at radius 1 is 1.14 bits per heavy atom. The standard InChI is InChI=1S/C13H18O/c14-13-8-4-7-12(9-10-13)11-5-2-1-3-6-11/h2,5-6,12H,1,3-4,7-10H2. The Kier molecular flexibility index (Phi) is 3.18. The number of rotatable bonds is 1. The van der Waals surface area contributed by atoms with Crippen molar-refractivity contribution in [1.29, 1.82) is 0 Å². The second kappa shape index (κ2) is 4.59. The quantitative estimate of drug-likeness (QED) is 0.579. The molecule has 0 aromatic heterocycles. The van der Waals surface area contributed by atoms with Gasteiger partial charge in [-0.3, -0.25) is 4.79 Å². The van der Waals surface area contributed by atoms with E-state index in [1.165, 1.54) is 24.8 Å². The van der Waals surface area contributed by atoms with Gasteiger partial charge in [-0.25, -0.2) is 0 Å². The SMILES string of the molecule is O=C1CCCC(C2=CCCC=C2)CC1. The topological polar surface area (TPSA) is 17.1 Å². The molecule has 1 saturated carbocycles. The van der Waals surface area contributed by atoms with Crippen LogP contribution in [0.15, 0.2) is 23.8 Å². The first-order valence-corrected chi connectivity index (χ1v) is 5.74. The van der Waals surface area contributed by atoms with E-state index in [1.807, 2.05) is 0 Å². The fourth-order valence-corrected chi connectivity index (χ4v) is 2.42. The highest BCUT2D eigenvalue weighted by Crippen LogP contribution is 2.30. The average Bonchev–Trinajstić information content (AvgIpc) is 2.44. The maximum Gasteiger partial charge on any atom is 0.132 e. The van der Waals surface area contributed by atoms with Gasteiger partial charge < -0.3 is 0 Å². The van der Waals surface area contributed by atoms with Crippen molar-refractivity contribution >= 4 is 5.78 Å². The van der Waals surface area contributed by atoms with Crippen molar-refractivity contribution in [2.75, 3.05) is 0 Å². The fourth-order valence-electron chi connectivity index (χ4n) is 2.42. The van der Waals surface area contributed by atoms with E-state index in [0.29, 0.717) is 11.7 Å². The van der Waals surface area contributed by atoms with Crippen molar-refractivity contribution in [2.24, 2.45) is 5.92 Å². The van der Waals surface area contributed by atoms with Crippen LogP contribution < -0.4 is 0 Å². The van der Waals surface area contributed by atoms with Crippen LogP contribution in [-0.4, -0.2) is 5.78 Å². The highest BCUT2D eigenvalue weighted by atomic mass is 16.1. The van der Waals surface area contributed by atoms with Gasteiger partial charge in [0.25, 0.3) is 0 Å². The van der Waals surface area contributed by atoms with E-state index >= 15 is 0 Å². The highest BCUT2D eigenvalue weighted by Gasteiger charge is 2.18. The molecule has 0 aromatic rings. The van der Waals surface area contributed by atoms with Gasteiger partial charge in [0, 0.05) is 12.8 Å². The van der Waals surface area contributed by atoms with Crippen LogP contribution in [0, 0.1) is 5.92 Å². The Balaban J connectivity index is 1.99. The van der Waals surface area contributed by atoms with E-state index in [-0.39, 0.29) is 0 Å². The molecule has 1 fully saturated rings. The van der Waals surface area contributed by atoms with Gasteiger partial charge in [0.2, 0.25) is 0 Å². The van der Waals surface area contributed by atoms with E-state index < -0.39 is 0 Å². The van der Waals surface area contributed by atoms with E-state index in [4.69, 9.17) is 0 Å². The highest BCUT2D eigenvalue weighted by molar-refractivity contribution is 5.78. The van der Waals surface area contributed by atoms with Crippen LogP contribution in [0.3, 0.4) is 0 Å². The van der Waals surface area contributed by atoms with Crippen LogP contribution in [0.1, 0.15) is 44.9 Å². The van der Waals surface area contributed by atoms with Gasteiger partial charge in [-0.2, -0.15) is 0 Å². The van der Waals surface area contributed by atoms with Crippen LogP contribution in [0.25, 0.3) is 0 Å². The lowest BCUT2D eigenvalue weighted by Crippen LogP contribution is -2.03. The Morgan fingerprint density at radius 2 is 2.07 bits per heavy atom. The van der Waals surface area contributed by atoms with Crippen LogP contribution in [-0.2, 0) is 4.79 Å². The summed E-state index contributed by atoms with van der Waals surface area (Å²) in [6.07, 6.45) is 14.3.